The van der Waals surface area contributed by atoms with E-state index in [0.29, 0.717) is 17.3 Å². The van der Waals surface area contributed by atoms with Gasteiger partial charge in [-0.05, 0) is 18.6 Å². The first kappa shape index (κ1) is 13.7. The molecule has 2 heterocycles. The van der Waals surface area contributed by atoms with Gasteiger partial charge >= 0.3 is 5.69 Å². The molecule has 0 spiro atoms. The smallest absolute Gasteiger partial charge is 0.328 e. The summed E-state index contributed by atoms with van der Waals surface area (Å²) in [6, 6.07) is 3.58. The van der Waals surface area contributed by atoms with Crippen molar-refractivity contribution in [1.82, 2.24) is 14.1 Å². The fourth-order valence-corrected chi connectivity index (χ4v) is 2.05. The molecule has 0 aliphatic rings. The molecule has 0 aliphatic heterocycles. The highest BCUT2D eigenvalue weighted by molar-refractivity contribution is 6.31. The number of anilines is 1. The van der Waals surface area contributed by atoms with Crippen molar-refractivity contribution in [2.75, 3.05) is 12.4 Å². The Labute approximate surface area is 116 Å². The lowest BCUT2D eigenvalue weighted by Gasteiger charge is -2.06. The van der Waals surface area contributed by atoms with Gasteiger partial charge in [-0.3, -0.25) is 9.13 Å². The molecule has 2 aromatic rings. The van der Waals surface area contributed by atoms with Gasteiger partial charge in [-0.15, -0.1) is 0 Å². The van der Waals surface area contributed by atoms with Crippen LogP contribution < -0.4 is 11.0 Å². The fourth-order valence-electron chi connectivity index (χ4n) is 1.88. The molecule has 2 aromatic heterocycles. The minimum atomic E-state index is -0.0328. The number of hydrogen-bond donors (Lipinski definition) is 1. The van der Waals surface area contributed by atoms with Crippen molar-refractivity contribution in [2.45, 2.75) is 26.4 Å². The number of halogens is 1. The molecule has 0 aromatic carbocycles. The minimum Gasteiger partial charge on any atom is -0.373 e. The number of pyridine rings is 1. The maximum absolute atomic E-state index is 12.1. The average molecular weight is 281 g/mol. The van der Waals surface area contributed by atoms with Crippen LogP contribution in [0.25, 0.3) is 0 Å². The van der Waals surface area contributed by atoms with Crippen molar-refractivity contribution in [3.05, 3.63) is 45.7 Å². The number of hydrogen-bond acceptors (Lipinski definition) is 3. The van der Waals surface area contributed by atoms with Crippen LogP contribution in [0, 0.1) is 0 Å². The normalized spacial score (nSPS) is 10.7. The van der Waals surface area contributed by atoms with Crippen molar-refractivity contribution in [3.63, 3.8) is 0 Å². The maximum atomic E-state index is 12.1. The second-order valence-electron chi connectivity index (χ2n) is 4.28. The largest absolute Gasteiger partial charge is 0.373 e. The third-order valence-corrected chi connectivity index (χ3v) is 3.22. The third kappa shape index (κ3) is 2.98. The molecule has 1 N–H and O–H groups in total. The van der Waals surface area contributed by atoms with Crippen LogP contribution >= 0.6 is 11.6 Å². The molecule has 6 heteroatoms. The zero-order valence-electron chi connectivity index (χ0n) is 11.1. The summed E-state index contributed by atoms with van der Waals surface area (Å²) in [7, 11) is 1.80. The zero-order chi connectivity index (χ0) is 13.8. The highest BCUT2D eigenvalue weighted by Gasteiger charge is 2.08. The summed E-state index contributed by atoms with van der Waals surface area (Å²) < 4.78 is 3.30. The topological polar surface area (TPSA) is 51.9 Å². The van der Waals surface area contributed by atoms with Gasteiger partial charge in [-0.1, -0.05) is 18.5 Å². The van der Waals surface area contributed by atoms with Gasteiger partial charge in [-0.2, -0.15) is 0 Å². The highest BCUT2D eigenvalue weighted by Crippen LogP contribution is 2.17. The molecule has 0 aliphatic carbocycles. The standard InChI is InChI=1S/C13H17ClN4O/c1-3-6-17-7-8-18(13(17)19)9-11-10(14)4-5-12(15-2)16-11/h4-5,7-8H,3,6,9H2,1-2H3,(H,15,16). The van der Waals surface area contributed by atoms with Crippen molar-refractivity contribution in [3.8, 4) is 0 Å². The van der Waals surface area contributed by atoms with Crippen LogP contribution in [-0.4, -0.2) is 21.2 Å². The van der Waals surface area contributed by atoms with Crippen molar-refractivity contribution >= 4 is 17.4 Å². The van der Waals surface area contributed by atoms with Crippen LogP contribution in [0.3, 0.4) is 0 Å². The monoisotopic (exact) mass is 280 g/mol. The molecule has 0 atom stereocenters. The van der Waals surface area contributed by atoms with E-state index in [2.05, 4.69) is 10.3 Å². The number of nitrogens with one attached hydrogen (secondary N) is 1. The van der Waals surface area contributed by atoms with E-state index in [-0.39, 0.29) is 5.69 Å². The van der Waals surface area contributed by atoms with E-state index in [9.17, 15) is 4.79 Å². The average Bonchev–Trinajstić information content (AvgIpc) is 2.75. The number of rotatable bonds is 5. The molecule has 0 unspecified atom stereocenters. The molecule has 19 heavy (non-hydrogen) atoms. The second-order valence-corrected chi connectivity index (χ2v) is 4.68. The molecular formula is C13H17ClN4O. The predicted octanol–water partition coefficient (Wildman–Crippen LogP) is 2.20. The predicted molar refractivity (Wildman–Crippen MR) is 76.9 cm³/mol. The molecule has 102 valence electrons. The van der Waals surface area contributed by atoms with Crippen molar-refractivity contribution in [2.24, 2.45) is 0 Å². The molecule has 0 saturated heterocycles. The van der Waals surface area contributed by atoms with E-state index in [1.165, 1.54) is 0 Å². The number of imidazole rings is 1. The Morgan fingerprint density at radius 3 is 2.74 bits per heavy atom. The van der Waals surface area contributed by atoms with E-state index < -0.39 is 0 Å². The Morgan fingerprint density at radius 2 is 2.05 bits per heavy atom. The molecule has 0 radical (unpaired) electrons. The Kier molecular flexibility index (Phi) is 4.27. The molecule has 0 bridgehead atoms. The highest BCUT2D eigenvalue weighted by atomic mass is 35.5. The summed E-state index contributed by atoms with van der Waals surface area (Å²) in [5.41, 5.74) is 0.652. The van der Waals surface area contributed by atoms with Crippen LogP contribution in [0.5, 0.6) is 0 Å². The summed E-state index contributed by atoms with van der Waals surface area (Å²) in [6.07, 6.45) is 4.49. The zero-order valence-corrected chi connectivity index (χ0v) is 11.8. The first-order valence-corrected chi connectivity index (χ1v) is 6.62. The number of aryl methyl sites for hydroxylation is 1. The third-order valence-electron chi connectivity index (χ3n) is 2.88. The maximum Gasteiger partial charge on any atom is 0.328 e. The first-order chi connectivity index (χ1) is 9.15. The Bertz CT molecular complexity index is 617. The fraction of sp³-hybridized carbons (Fsp3) is 0.385. The molecular weight excluding hydrogens is 264 g/mol. The Balaban J connectivity index is 2.28. The van der Waals surface area contributed by atoms with E-state index >= 15 is 0 Å². The number of nitrogens with zero attached hydrogens (tertiary/aromatic N) is 3. The van der Waals surface area contributed by atoms with Gasteiger partial charge in [0, 0.05) is 26.0 Å². The quantitative estimate of drug-likeness (QED) is 0.913. The second kappa shape index (κ2) is 5.93. The Hall–Kier alpha value is -1.75. The Morgan fingerprint density at radius 1 is 1.32 bits per heavy atom. The van der Waals surface area contributed by atoms with Gasteiger partial charge in [0.2, 0.25) is 0 Å². The molecule has 0 amide bonds. The molecule has 0 saturated carbocycles. The van der Waals surface area contributed by atoms with E-state index in [1.807, 2.05) is 6.92 Å². The summed E-state index contributed by atoms with van der Waals surface area (Å²) >= 11 is 6.11. The lowest BCUT2D eigenvalue weighted by Crippen LogP contribution is -2.24. The van der Waals surface area contributed by atoms with E-state index in [0.717, 1.165) is 18.8 Å². The summed E-state index contributed by atoms with van der Waals surface area (Å²) in [6.45, 7) is 3.14. The summed E-state index contributed by atoms with van der Waals surface area (Å²) in [5.74, 6) is 0.737. The summed E-state index contributed by atoms with van der Waals surface area (Å²) in [5, 5.41) is 3.52. The lowest BCUT2D eigenvalue weighted by atomic mass is 10.3. The van der Waals surface area contributed by atoms with E-state index in [4.69, 9.17) is 11.6 Å². The molecule has 0 fully saturated rings. The van der Waals surface area contributed by atoms with Crippen LogP contribution in [0.4, 0.5) is 5.82 Å². The van der Waals surface area contributed by atoms with Crippen LogP contribution in [0.15, 0.2) is 29.3 Å². The molecule has 5 nitrogen and oxygen atoms in total. The van der Waals surface area contributed by atoms with Gasteiger partial charge in [0.25, 0.3) is 0 Å². The van der Waals surface area contributed by atoms with Crippen LogP contribution in [-0.2, 0) is 13.1 Å². The minimum absolute atomic E-state index is 0.0328. The van der Waals surface area contributed by atoms with Crippen molar-refractivity contribution in [1.29, 1.82) is 0 Å². The lowest BCUT2D eigenvalue weighted by molar-refractivity contribution is 0.621. The van der Waals surface area contributed by atoms with Crippen LogP contribution in [0.2, 0.25) is 5.02 Å². The van der Waals surface area contributed by atoms with Gasteiger partial charge in [-0.25, -0.2) is 9.78 Å². The molecule has 2 rings (SSSR count). The first-order valence-electron chi connectivity index (χ1n) is 6.24. The van der Waals surface area contributed by atoms with Gasteiger partial charge in [0.05, 0.1) is 17.3 Å². The van der Waals surface area contributed by atoms with E-state index in [1.54, 1.807) is 40.7 Å². The SMILES string of the molecule is CCCn1ccn(Cc2nc(NC)ccc2Cl)c1=O. The van der Waals surface area contributed by atoms with Gasteiger partial charge < -0.3 is 5.32 Å². The van der Waals surface area contributed by atoms with Crippen LogP contribution in [0.1, 0.15) is 19.0 Å². The summed E-state index contributed by atoms with van der Waals surface area (Å²) in [4.78, 5) is 16.4. The number of aromatic nitrogens is 3. The van der Waals surface area contributed by atoms with Crippen molar-refractivity contribution < 1.29 is 0 Å². The van der Waals surface area contributed by atoms with Gasteiger partial charge in [0.1, 0.15) is 5.82 Å². The van der Waals surface area contributed by atoms with Gasteiger partial charge in [0.15, 0.2) is 0 Å².